The minimum atomic E-state index is 0.435. The van der Waals surface area contributed by atoms with Crippen molar-refractivity contribution in [2.45, 2.75) is 12.8 Å². The van der Waals surface area contributed by atoms with E-state index in [0.717, 1.165) is 73.8 Å². The summed E-state index contributed by atoms with van der Waals surface area (Å²) >= 11 is 0. The zero-order chi connectivity index (χ0) is 33.8. The Balaban J connectivity index is 1.31. The fraction of sp³-hybridized carbons (Fsp3) is 0.0444. The van der Waals surface area contributed by atoms with Crippen molar-refractivity contribution in [3.8, 4) is 51.8 Å². The second kappa shape index (κ2) is 11.5. The minimum absolute atomic E-state index is 0.435. The van der Waals surface area contributed by atoms with Gasteiger partial charge in [0.2, 0.25) is 0 Å². The number of nitrogens with zero attached hydrogens (tertiary/aromatic N) is 5. The summed E-state index contributed by atoms with van der Waals surface area (Å²) in [7, 11) is 0. The highest BCUT2D eigenvalue weighted by Gasteiger charge is 2.23. The normalized spacial score (nSPS) is 12.1. The number of fused-ring (bicyclic) bond motifs is 6. The number of nitriles is 3. The number of hydrogen-bond acceptors (Lipinski definition) is 3. The third kappa shape index (κ3) is 4.37. The molecule has 0 radical (unpaired) electrons. The zero-order valence-corrected chi connectivity index (χ0v) is 26.9. The van der Waals surface area contributed by atoms with Gasteiger partial charge in [0.25, 0.3) is 0 Å². The standard InChI is InChI=1S/C45H27N5/c46-26-29-20-21-44-38(23-29)36-14-3-5-16-40(36)49(44)33-11-9-10-31(25-33)45-32(28-48)22-30(27-47)24-39(45)37-15-4-8-19-43(37)50-41-17-6-1-12-34(41)35-13-2-7-18-42(35)50/h1-6,8-17,19-25H,7,18H2. The van der Waals surface area contributed by atoms with Crippen molar-refractivity contribution in [1.29, 1.82) is 15.8 Å². The van der Waals surface area contributed by atoms with Crippen molar-refractivity contribution in [1.82, 2.24) is 9.13 Å². The molecule has 50 heavy (non-hydrogen) atoms. The average Bonchev–Trinajstić information content (AvgIpc) is 3.70. The van der Waals surface area contributed by atoms with Gasteiger partial charge in [0, 0.05) is 44.2 Å². The molecule has 0 bridgehead atoms. The van der Waals surface area contributed by atoms with Crippen LogP contribution in [0.5, 0.6) is 0 Å². The van der Waals surface area contributed by atoms with Gasteiger partial charge in [0.15, 0.2) is 0 Å². The molecule has 0 N–H and O–H groups in total. The van der Waals surface area contributed by atoms with Gasteiger partial charge in [0.05, 0.1) is 57.1 Å². The van der Waals surface area contributed by atoms with Crippen molar-refractivity contribution in [2.75, 3.05) is 0 Å². The van der Waals surface area contributed by atoms with Gasteiger partial charge in [-0.15, -0.1) is 0 Å². The van der Waals surface area contributed by atoms with E-state index in [1.54, 1.807) is 6.07 Å². The molecule has 0 fully saturated rings. The molecule has 5 nitrogen and oxygen atoms in total. The molecule has 0 saturated carbocycles. The van der Waals surface area contributed by atoms with Gasteiger partial charge >= 0.3 is 0 Å². The Labute approximate surface area is 289 Å². The Morgan fingerprint density at radius 1 is 0.540 bits per heavy atom. The lowest BCUT2D eigenvalue weighted by atomic mass is 9.88. The third-order valence-electron chi connectivity index (χ3n) is 9.87. The van der Waals surface area contributed by atoms with E-state index in [0.29, 0.717) is 16.7 Å². The van der Waals surface area contributed by atoms with E-state index in [1.165, 1.54) is 16.6 Å². The van der Waals surface area contributed by atoms with Crippen LogP contribution in [0, 0.1) is 34.0 Å². The van der Waals surface area contributed by atoms with Crippen LogP contribution in [0.15, 0.2) is 133 Å². The minimum Gasteiger partial charge on any atom is -0.312 e. The van der Waals surface area contributed by atoms with Gasteiger partial charge in [0.1, 0.15) is 0 Å². The first-order chi connectivity index (χ1) is 24.7. The summed E-state index contributed by atoms with van der Waals surface area (Å²) in [4.78, 5) is 0. The average molecular weight is 638 g/mol. The Bertz CT molecular complexity index is 2860. The van der Waals surface area contributed by atoms with E-state index < -0.39 is 0 Å². The van der Waals surface area contributed by atoms with Gasteiger partial charge < -0.3 is 9.13 Å². The maximum atomic E-state index is 10.6. The third-order valence-corrected chi connectivity index (χ3v) is 9.87. The molecule has 5 heteroatoms. The molecule has 2 aromatic heterocycles. The van der Waals surface area contributed by atoms with E-state index in [2.05, 4.69) is 106 Å². The highest BCUT2D eigenvalue weighted by Crippen LogP contribution is 2.43. The lowest BCUT2D eigenvalue weighted by Crippen LogP contribution is -2.05. The summed E-state index contributed by atoms with van der Waals surface area (Å²) in [5.41, 5.74) is 12.5. The molecule has 0 unspecified atom stereocenters. The summed E-state index contributed by atoms with van der Waals surface area (Å²) < 4.78 is 4.58. The first kappa shape index (κ1) is 29.0. The summed E-state index contributed by atoms with van der Waals surface area (Å²) in [6, 6.07) is 49.7. The molecule has 2 heterocycles. The van der Waals surface area contributed by atoms with E-state index in [-0.39, 0.29) is 0 Å². The highest BCUT2D eigenvalue weighted by molar-refractivity contribution is 6.10. The zero-order valence-electron chi connectivity index (χ0n) is 26.9. The Hall–Kier alpha value is -7.13. The van der Waals surface area contributed by atoms with Crippen LogP contribution in [0.4, 0.5) is 0 Å². The molecule has 8 aromatic rings. The predicted molar refractivity (Wildman–Crippen MR) is 200 cm³/mol. The predicted octanol–water partition coefficient (Wildman–Crippen LogP) is 10.6. The first-order valence-electron chi connectivity index (χ1n) is 16.6. The maximum Gasteiger partial charge on any atom is 0.0998 e. The molecule has 0 aliphatic heterocycles. The van der Waals surface area contributed by atoms with Gasteiger partial charge in [-0.1, -0.05) is 78.9 Å². The monoisotopic (exact) mass is 637 g/mol. The largest absolute Gasteiger partial charge is 0.312 e. The summed E-state index contributed by atoms with van der Waals surface area (Å²) in [5.74, 6) is 0. The van der Waals surface area contributed by atoms with Crippen LogP contribution in [0.25, 0.3) is 72.4 Å². The van der Waals surface area contributed by atoms with Crippen LogP contribution in [0.2, 0.25) is 0 Å². The van der Waals surface area contributed by atoms with Crippen LogP contribution < -0.4 is 0 Å². The van der Waals surface area contributed by atoms with Crippen LogP contribution in [0.3, 0.4) is 0 Å². The van der Waals surface area contributed by atoms with Crippen LogP contribution >= 0.6 is 0 Å². The number of allylic oxidation sites excluding steroid dienone is 1. The van der Waals surface area contributed by atoms with Crippen molar-refractivity contribution in [3.05, 3.63) is 161 Å². The lowest BCUT2D eigenvalue weighted by Gasteiger charge is -2.20. The van der Waals surface area contributed by atoms with Gasteiger partial charge in [-0.05, 0) is 84.6 Å². The number of aromatic nitrogens is 2. The Morgan fingerprint density at radius 2 is 1.28 bits per heavy atom. The van der Waals surface area contributed by atoms with E-state index in [1.807, 2.05) is 54.6 Å². The van der Waals surface area contributed by atoms with Gasteiger partial charge in [-0.25, -0.2) is 0 Å². The highest BCUT2D eigenvalue weighted by atomic mass is 15.0. The van der Waals surface area contributed by atoms with Crippen molar-refractivity contribution >= 4 is 38.8 Å². The summed E-state index contributed by atoms with van der Waals surface area (Å²) in [6.07, 6.45) is 6.36. The number of benzene rings is 6. The van der Waals surface area contributed by atoms with Crippen molar-refractivity contribution < 1.29 is 0 Å². The molecule has 6 aromatic carbocycles. The first-order valence-corrected chi connectivity index (χ1v) is 16.6. The molecule has 9 rings (SSSR count). The van der Waals surface area contributed by atoms with E-state index in [9.17, 15) is 15.8 Å². The summed E-state index contributed by atoms with van der Waals surface area (Å²) in [5, 5.41) is 33.7. The topological polar surface area (TPSA) is 81.2 Å². The molecule has 232 valence electrons. The van der Waals surface area contributed by atoms with Crippen molar-refractivity contribution in [3.63, 3.8) is 0 Å². The van der Waals surface area contributed by atoms with Gasteiger partial charge in [-0.3, -0.25) is 0 Å². The van der Waals surface area contributed by atoms with Crippen LogP contribution in [0.1, 0.15) is 34.4 Å². The molecular formula is C45H27N5. The Morgan fingerprint density at radius 3 is 2.10 bits per heavy atom. The van der Waals surface area contributed by atoms with Crippen molar-refractivity contribution in [2.24, 2.45) is 0 Å². The molecular weight excluding hydrogens is 611 g/mol. The molecule has 1 aliphatic rings. The number of para-hydroxylation sites is 3. The molecule has 1 aliphatic carbocycles. The molecule has 0 saturated heterocycles. The van der Waals surface area contributed by atoms with Crippen LogP contribution in [-0.4, -0.2) is 9.13 Å². The number of hydrogen-bond donors (Lipinski definition) is 0. The fourth-order valence-electron chi connectivity index (χ4n) is 7.78. The maximum absolute atomic E-state index is 10.6. The van der Waals surface area contributed by atoms with E-state index in [4.69, 9.17) is 0 Å². The lowest BCUT2D eigenvalue weighted by molar-refractivity contribution is 0.889. The SMILES string of the molecule is N#Cc1cc(C#N)c(-c2cccc(-n3c4ccccc4c4cc(C#N)ccc43)c2)c(-c2ccccc2-n2c3c(c4ccccc42)C=CCC3)c1. The molecule has 0 spiro atoms. The second-order valence-corrected chi connectivity index (χ2v) is 12.6. The Kier molecular flexibility index (Phi) is 6.70. The van der Waals surface area contributed by atoms with Crippen LogP contribution in [-0.2, 0) is 6.42 Å². The quantitative estimate of drug-likeness (QED) is 0.193. The number of rotatable bonds is 4. The summed E-state index contributed by atoms with van der Waals surface area (Å²) in [6.45, 7) is 0. The van der Waals surface area contributed by atoms with E-state index >= 15 is 0 Å². The molecule has 0 amide bonds. The fourth-order valence-corrected chi connectivity index (χ4v) is 7.78. The second-order valence-electron chi connectivity index (χ2n) is 12.6. The smallest absolute Gasteiger partial charge is 0.0998 e. The van der Waals surface area contributed by atoms with Gasteiger partial charge in [-0.2, -0.15) is 15.8 Å². The molecule has 0 atom stereocenters.